The van der Waals surface area contributed by atoms with Crippen LogP contribution in [0.1, 0.15) is 93.8 Å². The molecule has 0 bridgehead atoms. The maximum atomic E-state index is 12.2. The van der Waals surface area contributed by atoms with E-state index in [1.165, 1.54) is 13.8 Å². The predicted molar refractivity (Wildman–Crippen MR) is 282 cm³/mol. The number of benzene rings is 6. The fraction of sp³-hybridized carbons (Fsp3) is 0.298. The molecule has 6 atom stereocenters. The molecule has 0 amide bonds. The third-order valence-electron chi connectivity index (χ3n) is 11.5. The van der Waals surface area contributed by atoms with Crippen molar-refractivity contribution >= 4 is 81.9 Å². The van der Waals surface area contributed by atoms with Crippen LogP contribution < -0.4 is 0 Å². The van der Waals surface area contributed by atoms with Crippen molar-refractivity contribution in [1.29, 1.82) is 0 Å². The zero-order chi connectivity index (χ0) is 50.7. The van der Waals surface area contributed by atoms with Gasteiger partial charge in [-0.25, -0.2) is 19.2 Å². The molecule has 374 valence electrons. The SMILES string of the molecule is CC(=O)OC1CC[C@H](COC(=O)c2ccc(-c3ccccc3)cc2)S1.CC(=O)OC1CC[C@H](COC(=O)c2ccc3ccccc3c2)S1.O=C(OC[C@H]1CCC(OC(=O)c2ccccc2)S1)c1ccccc1. The summed E-state index contributed by atoms with van der Waals surface area (Å²) in [5, 5.41) is 2.64. The minimum absolute atomic E-state index is 0.114. The molecular formula is C57H56O12S3. The van der Waals surface area contributed by atoms with Crippen molar-refractivity contribution in [2.45, 2.75) is 84.4 Å². The molecule has 12 nitrogen and oxygen atoms in total. The second kappa shape index (κ2) is 27.3. The topological polar surface area (TPSA) is 158 Å². The monoisotopic (exact) mass is 1030 g/mol. The van der Waals surface area contributed by atoms with Crippen molar-refractivity contribution in [3.8, 4) is 11.1 Å². The molecule has 3 fully saturated rings. The van der Waals surface area contributed by atoms with Crippen LogP contribution >= 0.6 is 35.3 Å². The molecule has 0 aromatic heterocycles. The largest absolute Gasteiger partial charge is 0.461 e. The highest BCUT2D eigenvalue weighted by Gasteiger charge is 2.31. The number of hydrogen-bond donors (Lipinski definition) is 0. The molecule has 0 aliphatic carbocycles. The summed E-state index contributed by atoms with van der Waals surface area (Å²) in [4.78, 5) is 70.3. The first-order valence-corrected chi connectivity index (χ1v) is 26.6. The van der Waals surface area contributed by atoms with Gasteiger partial charge in [0, 0.05) is 29.6 Å². The van der Waals surface area contributed by atoms with Gasteiger partial charge in [-0.2, -0.15) is 0 Å². The normalized spacial score (nSPS) is 19.8. The average molecular weight is 1030 g/mol. The number of rotatable bonds is 14. The molecule has 3 aliphatic heterocycles. The minimum Gasteiger partial charge on any atom is -0.461 e. The van der Waals surface area contributed by atoms with Gasteiger partial charge in [-0.05, 0) is 109 Å². The van der Waals surface area contributed by atoms with E-state index in [0.717, 1.165) is 60.4 Å². The van der Waals surface area contributed by atoms with Crippen molar-refractivity contribution in [2.75, 3.05) is 19.8 Å². The zero-order valence-electron chi connectivity index (χ0n) is 40.0. The van der Waals surface area contributed by atoms with E-state index in [4.69, 9.17) is 28.4 Å². The summed E-state index contributed by atoms with van der Waals surface area (Å²) in [7, 11) is 0. The van der Waals surface area contributed by atoms with Crippen LogP contribution in [0.15, 0.2) is 158 Å². The Hall–Kier alpha value is -6.55. The van der Waals surface area contributed by atoms with Gasteiger partial charge in [-0.15, -0.1) is 35.3 Å². The Balaban J connectivity index is 0.000000159. The molecule has 3 unspecified atom stereocenters. The van der Waals surface area contributed by atoms with Crippen LogP contribution in [0, 0.1) is 0 Å². The molecule has 3 heterocycles. The molecule has 0 N–H and O–H groups in total. The first kappa shape index (κ1) is 53.3. The summed E-state index contributed by atoms with van der Waals surface area (Å²) in [5.74, 6) is -1.80. The van der Waals surface area contributed by atoms with Gasteiger partial charge in [-0.3, -0.25) is 9.59 Å². The smallest absolute Gasteiger partial charge is 0.339 e. The number of hydrogen-bond acceptors (Lipinski definition) is 15. The third kappa shape index (κ3) is 16.8. The summed E-state index contributed by atoms with van der Waals surface area (Å²) < 4.78 is 32.0. The fourth-order valence-corrected chi connectivity index (χ4v) is 11.7. The Bertz CT molecular complexity index is 2740. The van der Waals surface area contributed by atoms with E-state index in [1.54, 1.807) is 89.9 Å². The highest BCUT2D eigenvalue weighted by atomic mass is 32.2. The van der Waals surface area contributed by atoms with E-state index < -0.39 is 0 Å². The fourth-order valence-electron chi connectivity index (χ4n) is 7.85. The number of fused-ring (bicyclic) bond motifs is 1. The summed E-state index contributed by atoms with van der Waals surface area (Å²) in [5.41, 5.74) is 3.96. The number of carbonyl (C=O) groups excluding carboxylic acids is 6. The molecule has 9 rings (SSSR count). The molecule has 0 spiro atoms. The first-order chi connectivity index (χ1) is 34.9. The Morgan fingerprint density at radius 1 is 0.375 bits per heavy atom. The van der Waals surface area contributed by atoms with Crippen molar-refractivity contribution in [3.05, 3.63) is 180 Å². The van der Waals surface area contributed by atoms with Gasteiger partial charge in [0.05, 0.1) is 22.3 Å². The van der Waals surface area contributed by atoms with E-state index >= 15 is 0 Å². The van der Waals surface area contributed by atoms with Gasteiger partial charge in [0.25, 0.3) is 0 Å². The molecule has 3 saturated heterocycles. The van der Waals surface area contributed by atoms with Gasteiger partial charge in [0.1, 0.15) is 36.1 Å². The van der Waals surface area contributed by atoms with Crippen LogP contribution in [-0.2, 0) is 38.0 Å². The van der Waals surface area contributed by atoms with Gasteiger partial charge in [0.15, 0.2) is 0 Å². The van der Waals surface area contributed by atoms with Crippen molar-refractivity contribution in [2.24, 2.45) is 0 Å². The molecule has 72 heavy (non-hydrogen) atoms. The molecule has 0 radical (unpaired) electrons. The standard InChI is InChI=1S/C20H20O4S.C19H18O4S.C18H18O4S/c1-14(21)24-19-12-11-18(25-19)13-23-20(22)17-9-7-16(8-10-17)15-5-3-2-4-6-15;20-18(14-7-3-1-4-8-14)22-13-16-11-12-17(24-16)23-19(21)15-9-5-2-6-10-15;1-12(19)22-17-9-8-16(23-17)11-21-18(20)15-7-6-13-4-2-3-5-14(13)10-15/h2-10,18-19H,11-13H2,1H3;1-10,16-17H,11-13H2;2-7,10,16-17H,8-9,11H2,1H3/t18-,19?;2*16-,17?/m111/s1. The lowest BCUT2D eigenvalue weighted by Crippen LogP contribution is -2.15. The lowest BCUT2D eigenvalue weighted by Gasteiger charge is -2.13. The van der Waals surface area contributed by atoms with Crippen LogP contribution in [0.25, 0.3) is 21.9 Å². The summed E-state index contributed by atoms with van der Waals surface area (Å²) >= 11 is 4.66. The van der Waals surface area contributed by atoms with E-state index in [9.17, 15) is 28.8 Å². The lowest BCUT2D eigenvalue weighted by molar-refractivity contribution is -0.143. The maximum Gasteiger partial charge on any atom is 0.339 e. The first-order valence-electron chi connectivity index (χ1n) is 23.7. The number of esters is 6. The second-order valence-corrected chi connectivity index (χ2v) is 21.3. The Labute approximate surface area is 432 Å². The highest BCUT2D eigenvalue weighted by molar-refractivity contribution is 8.01. The Morgan fingerprint density at radius 2 is 0.736 bits per heavy atom. The number of thioether (sulfide) groups is 3. The summed E-state index contributed by atoms with van der Waals surface area (Å²) in [6.07, 6.45) is 5.01. The van der Waals surface area contributed by atoms with Crippen LogP contribution in [-0.4, -0.2) is 87.7 Å². The minimum atomic E-state index is -0.323. The summed E-state index contributed by atoms with van der Waals surface area (Å²) in [6, 6.07) is 48.8. The quantitative estimate of drug-likeness (QED) is 0.0749. The van der Waals surface area contributed by atoms with Crippen LogP contribution in [0.3, 0.4) is 0 Å². The van der Waals surface area contributed by atoms with E-state index in [-0.39, 0.29) is 67.9 Å². The van der Waals surface area contributed by atoms with Crippen molar-refractivity contribution < 1.29 is 57.2 Å². The molecule has 6 aromatic carbocycles. The molecule has 6 aromatic rings. The predicted octanol–water partition coefficient (Wildman–Crippen LogP) is 12.0. The summed E-state index contributed by atoms with van der Waals surface area (Å²) in [6.45, 7) is 3.83. The van der Waals surface area contributed by atoms with E-state index in [1.807, 2.05) is 103 Å². The third-order valence-corrected chi connectivity index (χ3v) is 15.6. The Kier molecular flexibility index (Phi) is 20.2. The van der Waals surface area contributed by atoms with E-state index in [2.05, 4.69) is 0 Å². The second-order valence-electron chi connectivity index (χ2n) is 17.0. The molecular weight excluding hydrogens is 973 g/mol. The van der Waals surface area contributed by atoms with Gasteiger partial charge < -0.3 is 28.4 Å². The van der Waals surface area contributed by atoms with Crippen molar-refractivity contribution in [3.63, 3.8) is 0 Å². The number of ether oxygens (including phenoxy) is 6. The van der Waals surface area contributed by atoms with Crippen molar-refractivity contribution in [1.82, 2.24) is 0 Å². The van der Waals surface area contributed by atoms with Gasteiger partial charge in [-0.1, -0.05) is 109 Å². The van der Waals surface area contributed by atoms with Crippen LogP contribution in [0.4, 0.5) is 0 Å². The lowest BCUT2D eigenvalue weighted by atomic mass is 10.0. The van der Waals surface area contributed by atoms with Crippen LogP contribution in [0.5, 0.6) is 0 Å². The van der Waals surface area contributed by atoms with Gasteiger partial charge in [0.2, 0.25) is 0 Å². The highest BCUT2D eigenvalue weighted by Crippen LogP contribution is 2.37. The average Bonchev–Trinajstić information content (AvgIpc) is 4.19. The van der Waals surface area contributed by atoms with Gasteiger partial charge >= 0.3 is 35.8 Å². The van der Waals surface area contributed by atoms with Crippen LogP contribution in [0.2, 0.25) is 0 Å². The molecule has 0 saturated carbocycles. The Morgan fingerprint density at radius 3 is 1.21 bits per heavy atom. The van der Waals surface area contributed by atoms with E-state index in [0.29, 0.717) is 42.1 Å². The maximum absolute atomic E-state index is 12.2. The number of carbonyl (C=O) groups is 6. The zero-order valence-corrected chi connectivity index (χ0v) is 42.4. The molecule has 15 heteroatoms. The molecule has 3 aliphatic rings.